The largest absolute Gasteiger partial charge is 0.274 e. The second-order valence-electron chi connectivity index (χ2n) is 5.99. The Balaban J connectivity index is 1.77. The van der Waals surface area contributed by atoms with Gasteiger partial charge in [-0.05, 0) is 49.3 Å². The Morgan fingerprint density at radius 1 is 1.00 bits per heavy atom. The molecule has 4 rings (SSSR count). The molecule has 1 saturated heterocycles. The summed E-state index contributed by atoms with van der Waals surface area (Å²) in [5, 5.41) is 0.852. The van der Waals surface area contributed by atoms with Crippen molar-refractivity contribution in [2.75, 3.05) is 4.90 Å². The van der Waals surface area contributed by atoms with Gasteiger partial charge in [0, 0.05) is 5.02 Å². The van der Waals surface area contributed by atoms with Crippen molar-refractivity contribution in [3.8, 4) is 0 Å². The minimum absolute atomic E-state index is 0.0728. The lowest BCUT2D eigenvalue weighted by atomic mass is 9.81. The van der Waals surface area contributed by atoms with Gasteiger partial charge >= 0.3 is 0 Å². The number of benzene rings is 1. The predicted molar refractivity (Wildman–Crippen MR) is 76.8 cm³/mol. The minimum atomic E-state index is -0.118. The summed E-state index contributed by atoms with van der Waals surface area (Å²) in [6, 6.07) is 4.89. The average molecular weight is 310 g/mol. The fraction of sp³-hybridized carbons (Fsp3) is 0.467. The molecule has 1 heterocycles. The molecule has 3 nitrogen and oxygen atoms in total. The molecule has 0 radical (unpaired) electrons. The van der Waals surface area contributed by atoms with E-state index in [2.05, 4.69) is 0 Å². The van der Waals surface area contributed by atoms with Gasteiger partial charge in [0.1, 0.15) is 0 Å². The summed E-state index contributed by atoms with van der Waals surface area (Å²) in [5.74, 6) is 0.392. The third kappa shape index (κ3) is 1.54. The lowest BCUT2D eigenvalue weighted by molar-refractivity contribution is -0.123. The topological polar surface area (TPSA) is 37.4 Å². The first-order valence-electron chi connectivity index (χ1n) is 6.91. The van der Waals surface area contributed by atoms with E-state index in [1.54, 1.807) is 18.2 Å². The fourth-order valence-corrected chi connectivity index (χ4v) is 4.80. The molecule has 1 aliphatic heterocycles. The molecule has 1 aromatic carbocycles. The molecule has 0 N–H and O–H groups in total. The number of halogens is 2. The normalized spacial score (nSPS) is 35.0. The van der Waals surface area contributed by atoms with Crippen LogP contribution in [0.1, 0.15) is 19.3 Å². The fourth-order valence-electron chi connectivity index (χ4n) is 4.31. The molecule has 5 heteroatoms. The minimum Gasteiger partial charge on any atom is -0.274 e. The highest BCUT2D eigenvalue weighted by Crippen LogP contribution is 2.57. The third-order valence-corrected chi connectivity index (χ3v) is 5.62. The van der Waals surface area contributed by atoms with Crippen LogP contribution in [0.5, 0.6) is 0 Å². The van der Waals surface area contributed by atoms with Crippen LogP contribution in [0, 0.1) is 23.7 Å². The zero-order chi connectivity index (χ0) is 14.0. The molecule has 2 bridgehead atoms. The number of fused-ring (bicyclic) bond motifs is 5. The van der Waals surface area contributed by atoms with Crippen LogP contribution in [0.3, 0.4) is 0 Å². The highest BCUT2D eigenvalue weighted by Gasteiger charge is 2.61. The van der Waals surface area contributed by atoms with Crippen molar-refractivity contribution >= 4 is 40.7 Å². The molecule has 2 amide bonds. The Morgan fingerprint density at radius 3 is 2.15 bits per heavy atom. The summed E-state index contributed by atoms with van der Waals surface area (Å²) in [5.41, 5.74) is 0.472. The molecule has 0 unspecified atom stereocenters. The van der Waals surface area contributed by atoms with E-state index in [0.717, 1.165) is 19.3 Å². The van der Waals surface area contributed by atoms with Crippen molar-refractivity contribution in [3.05, 3.63) is 28.2 Å². The molecule has 0 spiro atoms. The molecular weight excluding hydrogens is 297 g/mol. The summed E-state index contributed by atoms with van der Waals surface area (Å²) < 4.78 is 0. The number of rotatable bonds is 1. The number of carbonyl (C=O) groups excluding carboxylic acids is 2. The molecule has 3 fully saturated rings. The summed E-state index contributed by atoms with van der Waals surface area (Å²) in [7, 11) is 0. The van der Waals surface area contributed by atoms with Crippen molar-refractivity contribution in [2.24, 2.45) is 23.7 Å². The summed E-state index contributed by atoms with van der Waals surface area (Å²) >= 11 is 12.0. The monoisotopic (exact) mass is 309 g/mol. The van der Waals surface area contributed by atoms with Crippen LogP contribution >= 0.6 is 23.2 Å². The maximum atomic E-state index is 12.6. The number of hydrogen-bond acceptors (Lipinski definition) is 2. The van der Waals surface area contributed by atoms with Crippen LogP contribution in [0.25, 0.3) is 0 Å². The van der Waals surface area contributed by atoms with E-state index in [4.69, 9.17) is 23.2 Å². The third-order valence-electron chi connectivity index (χ3n) is 5.08. The van der Waals surface area contributed by atoms with Gasteiger partial charge in [0.25, 0.3) is 0 Å². The van der Waals surface area contributed by atoms with E-state index < -0.39 is 0 Å². The summed E-state index contributed by atoms with van der Waals surface area (Å²) in [4.78, 5) is 26.6. The molecule has 20 heavy (non-hydrogen) atoms. The lowest BCUT2D eigenvalue weighted by Gasteiger charge is -2.19. The van der Waals surface area contributed by atoms with Gasteiger partial charge in [0.05, 0.1) is 22.5 Å². The van der Waals surface area contributed by atoms with Crippen molar-refractivity contribution in [1.29, 1.82) is 0 Å². The van der Waals surface area contributed by atoms with Crippen molar-refractivity contribution in [2.45, 2.75) is 19.3 Å². The van der Waals surface area contributed by atoms with Gasteiger partial charge < -0.3 is 0 Å². The van der Waals surface area contributed by atoms with Gasteiger partial charge in [-0.25, -0.2) is 4.90 Å². The van der Waals surface area contributed by atoms with E-state index >= 15 is 0 Å². The Labute approximate surface area is 126 Å². The number of nitrogens with zero attached hydrogens (tertiary/aromatic N) is 1. The summed E-state index contributed by atoms with van der Waals surface area (Å²) in [6.07, 6.45) is 3.19. The van der Waals surface area contributed by atoms with Crippen molar-refractivity contribution in [1.82, 2.24) is 0 Å². The van der Waals surface area contributed by atoms with E-state index in [1.807, 2.05) is 0 Å². The molecule has 104 valence electrons. The van der Waals surface area contributed by atoms with Crippen molar-refractivity contribution in [3.63, 3.8) is 0 Å². The number of anilines is 1. The van der Waals surface area contributed by atoms with Crippen molar-refractivity contribution < 1.29 is 9.59 Å². The second-order valence-corrected chi connectivity index (χ2v) is 6.84. The highest BCUT2D eigenvalue weighted by molar-refractivity contribution is 6.38. The zero-order valence-electron chi connectivity index (χ0n) is 10.7. The van der Waals surface area contributed by atoms with Crippen LogP contribution in [0.15, 0.2) is 18.2 Å². The molecule has 2 saturated carbocycles. The van der Waals surface area contributed by atoms with Gasteiger partial charge in [0.2, 0.25) is 11.8 Å². The van der Waals surface area contributed by atoms with Gasteiger partial charge in [0.15, 0.2) is 0 Å². The maximum absolute atomic E-state index is 12.6. The molecular formula is C15H13Cl2NO2. The predicted octanol–water partition coefficient (Wildman–Crippen LogP) is 3.53. The first-order valence-corrected chi connectivity index (χ1v) is 7.66. The van der Waals surface area contributed by atoms with E-state index in [0.29, 0.717) is 27.6 Å². The Kier molecular flexibility index (Phi) is 2.67. The molecule has 2 aliphatic carbocycles. The molecule has 0 aromatic heterocycles. The molecule has 1 aromatic rings. The van der Waals surface area contributed by atoms with Gasteiger partial charge in [-0.1, -0.05) is 23.2 Å². The standard InChI is InChI=1S/C15H13Cl2NO2/c16-9-3-4-11(10(17)6-9)18-14(19)12-7-1-2-8(5-7)13(12)15(18)20/h3-4,6-8,12-13H,1-2,5H2/t7-,8-,12+,13+/m0/s1. The number of carbonyl (C=O) groups is 2. The Hall–Kier alpha value is -1.06. The van der Waals surface area contributed by atoms with Crippen LogP contribution in [-0.4, -0.2) is 11.8 Å². The zero-order valence-corrected chi connectivity index (χ0v) is 12.2. The first-order chi connectivity index (χ1) is 9.58. The van der Waals surface area contributed by atoms with Gasteiger partial charge in [-0.15, -0.1) is 0 Å². The molecule has 4 atom stereocenters. The van der Waals surface area contributed by atoms with E-state index in [1.165, 1.54) is 4.90 Å². The number of imide groups is 1. The quantitative estimate of drug-likeness (QED) is 0.744. The van der Waals surface area contributed by atoms with Crippen LogP contribution in [-0.2, 0) is 9.59 Å². The average Bonchev–Trinajstić information content (AvgIpc) is 3.06. The highest BCUT2D eigenvalue weighted by atomic mass is 35.5. The smallest absolute Gasteiger partial charge is 0.238 e. The lowest BCUT2D eigenvalue weighted by Crippen LogP contribution is -2.32. The second kappa shape index (κ2) is 4.22. The van der Waals surface area contributed by atoms with E-state index in [9.17, 15) is 9.59 Å². The van der Waals surface area contributed by atoms with Crippen LogP contribution in [0.4, 0.5) is 5.69 Å². The van der Waals surface area contributed by atoms with Gasteiger partial charge in [-0.3, -0.25) is 9.59 Å². The Morgan fingerprint density at radius 2 is 1.60 bits per heavy atom. The van der Waals surface area contributed by atoms with Crippen LogP contribution in [0.2, 0.25) is 10.0 Å². The first kappa shape index (κ1) is 12.7. The maximum Gasteiger partial charge on any atom is 0.238 e. The SMILES string of the molecule is O=C1[C@@H]2[C@H]3CC[C@@H](C3)[C@H]2C(=O)N1c1ccc(Cl)cc1Cl. The van der Waals surface area contributed by atoms with E-state index in [-0.39, 0.29) is 23.7 Å². The van der Waals surface area contributed by atoms with Gasteiger partial charge in [-0.2, -0.15) is 0 Å². The Bertz CT molecular complexity index is 602. The van der Waals surface area contributed by atoms with Crippen LogP contribution < -0.4 is 4.90 Å². The molecule has 3 aliphatic rings. The number of hydrogen-bond donors (Lipinski definition) is 0. The number of amides is 2. The summed E-state index contributed by atoms with van der Waals surface area (Å²) in [6.45, 7) is 0.